The van der Waals surface area contributed by atoms with Crippen LogP contribution in [0.25, 0.3) is 0 Å². The zero-order chi connectivity index (χ0) is 16.1. The molecule has 0 radical (unpaired) electrons. The number of nitrogens with one attached hydrogen (secondary N) is 1. The summed E-state index contributed by atoms with van der Waals surface area (Å²) in [5, 5.41) is 3.01. The highest BCUT2D eigenvalue weighted by Gasteiger charge is 2.35. The van der Waals surface area contributed by atoms with Crippen molar-refractivity contribution in [1.82, 2.24) is 20.1 Å². The van der Waals surface area contributed by atoms with Crippen molar-refractivity contribution in [2.24, 2.45) is 0 Å². The molecule has 0 aromatic carbocycles. The molecule has 0 unspecified atom stereocenters. The molecule has 2 aliphatic rings. The van der Waals surface area contributed by atoms with Gasteiger partial charge in [-0.1, -0.05) is 12.5 Å². The fourth-order valence-electron chi connectivity index (χ4n) is 4.00. The molecule has 0 spiro atoms. The Balaban J connectivity index is 1.54. The van der Waals surface area contributed by atoms with Gasteiger partial charge in [0.15, 0.2) is 0 Å². The van der Waals surface area contributed by atoms with Gasteiger partial charge in [-0.2, -0.15) is 0 Å². The number of nitrogens with zero attached hydrogens (tertiary/aromatic N) is 3. The van der Waals surface area contributed by atoms with Crippen LogP contribution in [0, 0.1) is 0 Å². The van der Waals surface area contributed by atoms with Gasteiger partial charge in [-0.3, -0.25) is 14.7 Å². The van der Waals surface area contributed by atoms with Gasteiger partial charge in [0.2, 0.25) is 5.91 Å². The minimum absolute atomic E-state index is 0.114. The third-order valence-electron chi connectivity index (χ3n) is 5.22. The average Bonchev–Trinajstić information content (AvgIpc) is 2.77. The fourth-order valence-corrected chi connectivity index (χ4v) is 4.00. The van der Waals surface area contributed by atoms with Crippen LogP contribution in [0.4, 0.5) is 0 Å². The highest BCUT2D eigenvalue weighted by molar-refractivity contribution is 5.78. The predicted octanol–water partition coefficient (Wildman–Crippen LogP) is 1.65. The largest absolute Gasteiger partial charge is 0.349 e. The Morgan fingerprint density at radius 1 is 1.22 bits per heavy atom. The Hall–Kier alpha value is -1.46. The number of rotatable bonds is 4. The third-order valence-corrected chi connectivity index (χ3v) is 5.22. The van der Waals surface area contributed by atoms with Crippen LogP contribution in [0.2, 0.25) is 0 Å². The topological polar surface area (TPSA) is 48.5 Å². The first kappa shape index (κ1) is 16.4. The van der Waals surface area contributed by atoms with Crippen LogP contribution in [0.5, 0.6) is 0 Å². The molecule has 3 rings (SSSR count). The summed E-state index contributed by atoms with van der Waals surface area (Å²) in [7, 11) is 2.24. The van der Waals surface area contributed by atoms with Crippen LogP contribution in [0.1, 0.15) is 37.8 Å². The maximum atomic E-state index is 12.3. The summed E-state index contributed by atoms with van der Waals surface area (Å²) in [6, 6.07) is 6.94. The lowest BCUT2D eigenvalue weighted by atomic mass is 9.92. The maximum Gasteiger partial charge on any atom is 0.234 e. The molecule has 5 nitrogen and oxygen atoms in total. The normalized spacial score (nSPS) is 26.3. The molecule has 2 atom stereocenters. The van der Waals surface area contributed by atoms with Crippen molar-refractivity contribution in [2.75, 3.05) is 26.7 Å². The van der Waals surface area contributed by atoms with E-state index in [-0.39, 0.29) is 5.91 Å². The fraction of sp³-hybridized carbons (Fsp3) is 0.667. The SMILES string of the molecule is CN1CCCC[C@@H]2[C@H]1CCCN2CC(=O)NCc1ccccn1. The second kappa shape index (κ2) is 7.88. The van der Waals surface area contributed by atoms with Crippen LogP contribution < -0.4 is 5.32 Å². The van der Waals surface area contributed by atoms with E-state index in [0.29, 0.717) is 25.2 Å². The lowest BCUT2D eigenvalue weighted by Crippen LogP contribution is -2.55. The molecule has 23 heavy (non-hydrogen) atoms. The van der Waals surface area contributed by atoms with Crippen LogP contribution in [-0.4, -0.2) is 59.5 Å². The molecule has 1 amide bonds. The van der Waals surface area contributed by atoms with Gasteiger partial charge in [0.25, 0.3) is 0 Å². The predicted molar refractivity (Wildman–Crippen MR) is 90.9 cm³/mol. The molecule has 1 aromatic heterocycles. The lowest BCUT2D eigenvalue weighted by molar-refractivity contribution is -0.123. The highest BCUT2D eigenvalue weighted by atomic mass is 16.2. The summed E-state index contributed by atoms with van der Waals surface area (Å²) >= 11 is 0. The minimum Gasteiger partial charge on any atom is -0.349 e. The monoisotopic (exact) mass is 316 g/mol. The van der Waals surface area contributed by atoms with Crippen LogP contribution >= 0.6 is 0 Å². The molecule has 126 valence electrons. The summed E-state index contributed by atoms with van der Waals surface area (Å²) in [4.78, 5) is 21.5. The molecular formula is C18H28N4O. The maximum absolute atomic E-state index is 12.3. The van der Waals surface area contributed by atoms with Gasteiger partial charge in [0, 0.05) is 18.3 Å². The molecule has 2 aliphatic heterocycles. The van der Waals surface area contributed by atoms with E-state index < -0.39 is 0 Å². The number of carbonyl (C=O) groups is 1. The summed E-state index contributed by atoms with van der Waals surface area (Å²) < 4.78 is 0. The number of hydrogen-bond acceptors (Lipinski definition) is 4. The van der Waals surface area contributed by atoms with Gasteiger partial charge in [-0.05, 0) is 58.0 Å². The molecule has 1 aromatic rings. The molecular weight excluding hydrogens is 288 g/mol. The Labute approximate surface area is 139 Å². The summed E-state index contributed by atoms with van der Waals surface area (Å²) in [5.74, 6) is 0.114. The number of aromatic nitrogens is 1. The summed E-state index contributed by atoms with van der Waals surface area (Å²) in [6.45, 7) is 3.27. The van der Waals surface area contributed by atoms with E-state index in [2.05, 4.69) is 27.1 Å². The number of likely N-dealkylation sites (N-methyl/N-ethyl adjacent to an activating group) is 1. The molecule has 1 N–H and O–H groups in total. The van der Waals surface area contributed by atoms with Gasteiger partial charge >= 0.3 is 0 Å². The zero-order valence-corrected chi connectivity index (χ0v) is 14.1. The first-order chi connectivity index (χ1) is 11.2. The third kappa shape index (κ3) is 4.30. The van der Waals surface area contributed by atoms with Crippen molar-refractivity contribution in [3.63, 3.8) is 0 Å². The summed E-state index contributed by atoms with van der Waals surface area (Å²) in [5.41, 5.74) is 0.909. The first-order valence-corrected chi connectivity index (χ1v) is 8.85. The first-order valence-electron chi connectivity index (χ1n) is 8.85. The number of pyridine rings is 1. The Kier molecular flexibility index (Phi) is 5.62. The van der Waals surface area contributed by atoms with Crippen molar-refractivity contribution in [2.45, 2.75) is 50.7 Å². The highest BCUT2D eigenvalue weighted by Crippen LogP contribution is 2.28. The number of carbonyl (C=O) groups excluding carboxylic acids is 1. The number of likely N-dealkylation sites (tertiary alicyclic amines) is 2. The lowest BCUT2D eigenvalue weighted by Gasteiger charge is -2.43. The molecule has 3 heterocycles. The van der Waals surface area contributed by atoms with E-state index >= 15 is 0 Å². The summed E-state index contributed by atoms with van der Waals surface area (Å²) in [6.07, 6.45) is 8.01. The van der Waals surface area contributed by atoms with Crippen molar-refractivity contribution in [3.05, 3.63) is 30.1 Å². The smallest absolute Gasteiger partial charge is 0.234 e. The van der Waals surface area contributed by atoms with Gasteiger partial charge in [0.05, 0.1) is 18.8 Å². The van der Waals surface area contributed by atoms with Gasteiger partial charge in [-0.15, -0.1) is 0 Å². The molecule has 5 heteroatoms. The minimum atomic E-state index is 0.114. The second-order valence-corrected chi connectivity index (χ2v) is 6.82. The van der Waals surface area contributed by atoms with Crippen LogP contribution in [-0.2, 0) is 11.3 Å². The van der Waals surface area contributed by atoms with E-state index in [4.69, 9.17) is 0 Å². The Morgan fingerprint density at radius 2 is 2.09 bits per heavy atom. The molecule has 0 bridgehead atoms. The molecule has 0 aliphatic carbocycles. The van der Waals surface area contributed by atoms with E-state index in [0.717, 1.165) is 12.2 Å². The molecule has 2 fully saturated rings. The van der Waals surface area contributed by atoms with E-state index in [1.165, 1.54) is 38.6 Å². The number of fused-ring (bicyclic) bond motifs is 1. The Bertz CT molecular complexity index is 507. The number of amides is 1. The number of hydrogen-bond donors (Lipinski definition) is 1. The quantitative estimate of drug-likeness (QED) is 0.917. The van der Waals surface area contributed by atoms with Gasteiger partial charge < -0.3 is 10.2 Å². The standard InChI is InChI=1S/C18H28N4O/c1-21-11-5-3-8-17-16(21)9-6-12-22(17)14-18(23)20-13-15-7-2-4-10-19-15/h2,4,7,10,16-17H,3,5-6,8-9,11-14H2,1H3,(H,20,23)/t16-,17-/m1/s1. The Morgan fingerprint density at radius 3 is 2.91 bits per heavy atom. The zero-order valence-electron chi connectivity index (χ0n) is 14.1. The number of piperidine rings is 1. The van der Waals surface area contributed by atoms with Crippen molar-refractivity contribution in [1.29, 1.82) is 0 Å². The van der Waals surface area contributed by atoms with Gasteiger partial charge in [0.1, 0.15) is 0 Å². The van der Waals surface area contributed by atoms with Crippen molar-refractivity contribution >= 4 is 5.91 Å². The van der Waals surface area contributed by atoms with Crippen LogP contribution in [0.15, 0.2) is 24.4 Å². The van der Waals surface area contributed by atoms with Crippen molar-refractivity contribution < 1.29 is 4.79 Å². The van der Waals surface area contributed by atoms with Gasteiger partial charge in [-0.25, -0.2) is 0 Å². The van der Waals surface area contributed by atoms with E-state index in [9.17, 15) is 4.79 Å². The second-order valence-electron chi connectivity index (χ2n) is 6.82. The molecule has 2 saturated heterocycles. The van der Waals surface area contributed by atoms with Crippen molar-refractivity contribution in [3.8, 4) is 0 Å². The van der Waals surface area contributed by atoms with E-state index in [1.54, 1.807) is 6.20 Å². The average molecular weight is 316 g/mol. The van der Waals surface area contributed by atoms with Crippen LogP contribution in [0.3, 0.4) is 0 Å². The van der Waals surface area contributed by atoms with E-state index in [1.807, 2.05) is 18.2 Å². The molecule has 0 saturated carbocycles.